The van der Waals surface area contributed by atoms with Crippen LogP contribution in [0.4, 0.5) is 0 Å². The Morgan fingerprint density at radius 2 is 1.14 bits per heavy atom. The third kappa shape index (κ3) is 31.0. The lowest BCUT2D eigenvalue weighted by atomic mass is 10.1. The third-order valence-corrected chi connectivity index (χ3v) is 8.23. The second kappa shape index (κ2) is 33.2. The molecule has 0 aliphatic rings. The molecule has 0 radical (unpaired) electrons. The molecule has 2 unspecified atom stereocenters. The first kappa shape index (κ1) is 47.0. The van der Waals surface area contributed by atoms with E-state index in [1.807, 2.05) is 36.5 Å². The molecule has 0 fully saturated rings. The number of nitrogens with zero attached hydrogens (tertiary/aromatic N) is 1. The van der Waals surface area contributed by atoms with E-state index in [-0.39, 0.29) is 49.1 Å². The zero-order chi connectivity index (χ0) is 37.1. The molecule has 0 aromatic heterocycles. The molecule has 0 aromatic rings. The van der Waals surface area contributed by atoms with Crippen LogP contribution in [-0.4, -0.2) is 75.5 Å². The molecule has 0 aliphatic carbocycles. The Kier molecular flexibility index (Phi) is 31.2. The Labute approximate surface area is 305 Å². The van der Waals surface area contributed by atoms with Gasteiger partial charge in [0.15, 0.2) is 6.10 Å². The number of aliphatic carboxylic acids is 1. The number of carboxylic acids is 1. The van der Waals surface area contributed by atoms with Gasteiger partial charge in [-0.25, -0.2) is 0 Å². The Hall–Kier alpha value is -2.97. The van der Waals surface area contributed by atoms with E-state index < -0.39 is 18.1 Å². The number of likely N-dealkylation sites (N-methyl/N-ethyl adjacent to an activating group) is 1. The van der Waals surface area contributed by atoms with Crippen LogP contribution in [0.5, 0.6) is 0 Å². The van der Waals surface area contributed by atoms with Crippen molar-refractivity contribution in [1.29, 1.82) is 0 Å². The summed E-state index contributed by atoms with van der Waals surface area (Å²) in [5, 5.41) is 11.6. The summed E-state index contributed by atoms with van der Waals surface area (Å²) in [5.74, 6) is -1.82. The lowest BCUT2D eigenvalue weighted by Crippen LogP contribution is -2.55. The summed E-state index contributed by atoms with van der Waals surface area (Å²) in [5.41, 5.74) is 0. The minimum absolute atomic E-state index is 0.0192. The Morgan fingerprint density at radius 1 is 0.620 bits per heavy atom. The largest absolute Gasteiger partial charge is 0.544 e. The topological polar surface area (TPSA) is 102 Å². The van der Waals surface area contributed by atoms with E-state index in [4.69, 9.17) is 14.2 Å². The average molecular weight is 702 g/mol. The molecule has 0 aliphatic heterocycles. The molecule has 0 aromatic carbocycles. The fourth-order valence-corrected chi connectivity index (χ4v) is 5.19. The summed E-state index contributed by atoms with van der Waals surface area (Å²) in [7, 11) is 5.37. The Bertz CT molecular complexity index is 1010. The van der Waals surface area contributed by atoms with Gasteiger partial charge in [-0.3, -0.25) is 9.59 Å². The highest BCUT2D eigenvalue weighted by atomic mass is 16.6. The number of ether oxygens (including phenoxy) is 3. The highest BCUT2D eigenvalue weighted by molar-refractivity contribution is 5.70. The third-order valence-electron chi connectivity index (χ3n) is 8.23. The second-order valence-corrected chi connectivity index (χ2v) is 13.9. The SMILES string of the molecule is CC/C=C/C=C/C=C/C=C/CCCCCC(=O)OCC(COCCC(C(=O)[O-])[N+](C)(C)C)OC(=O)CCCCC/C=C/CCCCCCCC. The molecule has 0 amide bonds. The monoisotopic (exact) mass is 702 g/mol. The molecule has 0 saturated heterocycles. The molecule has 0 N–H and O–H groups in total. The zero-order valence-electron chi connectivity index (χ0n) is 32.3. The van der Waals surface area contributed by atoms with Crippen molar-refractivity contribution in [2.75, 3.05) is 41.0 Å². The summed E-state index contributed by atoms with van der Waals surface area (Å²) in [4.78, 5) is 36.6. The minimum Gasteiger partial charge on any atom is -0.544 e. The maximum atomic E-state index is 12.6. The van der Waals surface area contributed by atoms with Crippen LogP contribution in [0.3, 0.4) is 0 Å². The number of rotatable bonds is 33. The first-order valence-electron chi connectivity index (χ1n) is 19.4. The van der Waals surface area contributed by atoms with Crippen LogP contribution >= 0.6 is 0 Å². The zero-order valence-corrected chi connectivity index (χ0v) is 32.3. The van der Waals surface area contributed by atoms with Gasteiger partial charge in [-0.05, 0) is 57.8 Å². The Balaban J connectivity index is 4.53. The average Bonchev–Trinajstić information content (AvgIpc) is 3.06. The number of hydrogen-bond donors (Lipinski definition) is 0. The van der Waals surface area contributed by atoms with E-state index in [1.165, 1.54) is 38.5 Å². The van der Waals surface area contributed by atoms with Gasteiger partial charge in [0, 0.05) is 19.3 Å². The van der Waals surface area contributed by atoms with Crippen molar-refractivity contribution >= 4 is 17.9 Å². The van der Waals surface area contributed by atoms with Crippen LogP contribution in [0, 0.1) is 0 Å². The number of esters is 2. The van der Waals surface area contributed by atoms with E-state index in [1.54, 1.807) is 21.1 Å². The first-order chi connectivity index (χ1) is 24.1. The van der Waals surface area contributed by atoms with Gasteiger partial charge in [-0.15, -0.1) is 0 Å². The number of carbonyl (C=O) groups excluding carboxylic acids is 3. The summed E-state index contributed by atoms with van der Waals surface area (Å²) >= 11 is 0. The van der Waals surface area contributed by atoms with E-state index in [0.29, 0.717) is 6.42 Å². The van der Waals surface area contributed by atoms with Gasteiger partial charge in [0.2, 0.25) is 0 Å². The molecular weight excluding hydrogens is 630 g/mol. The molecule has 8 heteroatoms. The number of carboxylic acid groups (broad SMARTS) is 1. The van der Waals surface area contributed by atoms with E-state index >= 15 is 0 Å². The van der Waals surface area contributed by atoms with Gasteiger partial charge in [-0.2, -0.15) is 0 Å². The molecular formula is C42H71NO7. The molecule has 0 heterocycles. The summed E-state index contributed by atoms with van der Waals surface area (Å²) in [6.07, 6.45) is 38.2. The van der Waals surface area contributed by atoms with Crippen molar-refractivity contribution in [3.63, 3.8) is 0 Å². The van der Waals surface area contributed by atoms with Crippen molar-refractivity contribution in [2.24, 2.45) is 0 Å². The molecule has 0 rings (SSSR count). The number of allylic oxidation sites excluding steroid dienone is 10. The molecule has 0 bridgehead atoms. The predicted octanol–water partition coefficient (Wildman–Crippen LogP) is 8.52. The fraction of sp³-hybridized carbons (Fsp3) is 0.690. The number of hydrogen-bond acceptors (Lipinski definition) is 7. The molecule has 50 heavy (non-hydrogen) atoms. The normalized spacial score (nSPS) is 13.7. The van der Waals surface area contributed by atoms with Gasteiger partial charge in [0.05, 0.1) is 40.3 Å². The summed E-state index contributed by atoms with van der Waals surface area (Å²) in [6, 6.07) is -0.735. The van der Waals surface area contributed by atoms with Crippen molar-refractivity contribution in [2.45, 2.75) is 148 Å². The van der Waals surface area contributed by atoms with Crippen LogP contribution in [0.1, 0.15) is 136 Å². The summed E-state index contributed by atoms with van der Waals surface area (Å²) < 4.78 is 17.0. The maximum absolute atomic E-state index is 12.6. The second-order valence-electron chi connectivity index (χ2n) is 13.9. The fourth-order valence-electron chi connectivity index (χ4n) is 5.19. The quantitative estimate of drug-likeness (QED) is 0.0222. The van der Waals surface area contributed by atoms with Crippen molar-refractivity contribution in [1.82, 2.24) is 0 Å². The van der Waals surface area contributed by atoms with Gasteiger partial charge in [0.25, 0.3) is 0 Å². The lowest BCUT2D eigenvalue weighted by Gasteiger charge is -2.34. The van der Waals surface area contributed by atoms with Gasteiger partial charge in [0.1, 0.15) is 12.6 Å². The molecule has 286 valence electrons. The first-order valence-corrected chi connectivity index (χ1v) is 19.4. The van der Waals surface area contributed by atoms with Gasteiger partial charge in [-0.1, -0.05) is 120 Å². The van der Waals surface area contributed by atoms with Crippen LogP contribution in [0.25, 0.3) is 0 Å². The number of quaternary nitrogens is 1. The van der Waals surface area contributed by atoms with E-state index in [9.17, 15) is 19.5 Å². The van der Waals surface area contributed by atoms with E-state index in [0.717, 1.165) is 64.2 Å². The van der Waals surface area contributed by atoms with Crippen LogP contribution < -0.4 is 5.11 Å². The van der Waals surface area contributed by atoms with Crippen molar-refractivity contribution in [3.05, 3.63) is 60.8 Å². The van der Waals surface area contributed by atoms with Crippen LogP contribution in [-0.2, 0) is 28.6 Å². The Morgan fingerprint density at radius 3 is 1.72 bits per heavy atom. The number of carbonyl (C=O) groups is 3. The lowest BCUT2D eigenvalue weighted by molar-refractivity contribution is -0.889. The van der Waals surface area contributed by atoms with Crippen LogP contribution in [0.2, 0.25) is 0 Å². The van der Waals surface area contributed by atoms with E-state index in [2.05, 4.69) is 38.2 Å². The highest BCUT2D eigenvalue weighted by Crippen LogP contribution is 2.12. The number of unbranched alkanes of at least 4 members (excludes halogenated alkanes) is 12. The maximum Gasteiger partial charge on any atom is 0.306 e. The predicted molar refractivity (Wildman–Crippen MR) is 203 cm³/mol. The molecule has 0 saturated carbocycles. The standard InChI is InChI=1S/C42H71NO7/c1-6-8-10-12-14-16-18-20-22-24-26-28-30-32-40(44)49-37-38(36-48-35-34-39(42(46)47)43(3,4)5)50-41(45)33-31-29-27-25-23-21-19-17-15-13-11-9-7-2/h8,10,12,14,16,18,20-23,38-39H,6-7,9,11,13,15,17,19,24-37H2,1-5H3/b10-8+,14-12+,18-16+,22-20+,23-21+. The molecule has 0 spiro atoms. The molecule has 8 nitrogen and oxygen atoms in total. The van der Waals surface area contributed by atoms with Gasteiger partial charge < -0.3 is 28.6 Å². The van der Waals surface area contributed by atoms with Crippen LogP contribution in [0.15, 0.2) is 60.8 Å². The highest BCUT2D eigenvalue weighted by Gasteiger charge is 2.25. The summed E-state index contributed by atoms with van der Waals surface area (Å²) in [6.45, 7) is 4.42. The molecule has 2 atom stereocenters. The van der Waals surface area contributed by atoms with Gasteiger partial charge >= 0.3 is 11.9 Å². The van der Waals surface area contributed by atoms with Crippen molar-refractivity contribution < 1.29 is 38.2 Å². The minimum atomic E-state index is -1.14. The smallest absolute Gasteiger partial charge is 0.306 e. The van der Waals surface area contributed by atoms with Crippen molar-refractivity contribution in [3.8, 4) is 0 Å².